The molecule has 0 unspecified atom stereocenters. The molecule has 1 aromatic carbocycles. The number of esters is 1. The van der Waals surface area contributed by atoms with Crippen LogP contribution in [0.4, 0.5) is 0 Å². The Balaban J connectivity index is 2.66. The van der Waals surface area contributed by atoms with E-state index in [9.17, 15) is 9.59 Å². The zero-order valence-electron chi connectivity index (χ0n) is 11.9. The highest BCUT2D eigenvalue weighted by molar-refractivity contribution is 6.05. The number of benzene rings is 1. The first kappa shape index (κ1) is 15.2. The number of ether oxygens (including phenoxy) is 2. The summed E-state index contributed by atoms with van der Waals surface area (Å²) >= 11 is 0. The van der Waals surface area contributed by atoms with Crippen LogP contribution >= 0.6 is 0 Å². The molecule has 4 heteroatoms. The van der Waals surface area contributed by atoms with Crippen LogP contribution in [0.2, 0.25) is 0 Å². The Labute approximate surface area is 113 Å². The Kier molecular flexibility index (Phi) is 5.10. The summed E-state index contributed by atoms with van der Waals surface area (Å²) < 4.78 is 10.4. The summed E-state index contributed by atoms with van der Waals surface area (Å²) in [7, 11) is 0. The topological polar surface area (TPSA) is 52.6 Å². The van der Waals surface area contributed by atoms with Gasteiger partial charge in [0.1, 0.15) is 17.8 Å². The van der Waals surface area contributed by atoms with Crippen molar-refractivity contribution >= 4 is 11.8 Å². The summed E-state index contributed by atoms with van der Waals surface area (Å²) in [5.41, 5.74) is 0.200. The normalized spacial score (nSPS) is 10.9. The van der Waals surface area contributed by atoms with Gasteiger partial charge in [0.2, 0.25) is 0 Å². The van der Waals surface area contributed by atoms with Gasteiger partial charge in [0.05, 0.1) is 6.61 Å². The van der Waals surface area contributed by atoms with Crippen molar-refractivity contribution in [2.24, 2.45) is 0 Å². The maximum Gasteiger partial charge on any atom is 0.313 e. The second-order valence-electron chi connectivity index (χ2n) is 5.14. The quantitative estimate of drug-likeness (QED) is 0.466. The highest BCUT2D eigenvalue weighted by Gasteiger charge is 2.14. The molecule has 0 spiro atoms. The van der Waals surface area contributed by atoms with E-state index in [1.54, 1.807) is 31.2 Å². The number of Topliss-reactive ketones (excluding diaryl/α,β-unsaturated/α-hetero) is 1. The summed E-state index contributed by atoms with van der Waals surface area (Å²) in [6.07, 6.45) is -0.229. The molecule has 0 aromatic heterocycles. The highest BCUT2D eigenvalue weighted by atomic mass is 16.5. The Hall–Kier alpha value is -1.84. The minimum Gasteiger partial charge on any atom is -0.488 e. The summed E-state index contributed by atoms with van der Waals surface area (Å²) in [6, 6.07) is 6.76. The fourth-order valence-electron chi connectivity index (χ4n) is 1.51. The molecule has 0 aliphatic carbocycles. The molecule has 0 bridgehead atoms. The van der Waals surface area contributed by atoms with Crippen LogP contribution in [0.3, 0.4) is 0 Å². The predicted octanol–water partition coefficient (Wildman–Crippen LogP) is 3.00. The molecule has 0 amide bonds. The number of hydrogen-bond acceptors (Lipinski definition) is 4. The molecule has 1 rings (SSSR count). The largest absolute Gasteiger partial charge is 0.488 e. The molecule has 4 nitrogen and oxygen atoms in total. The van der Waals surface area contributed by atoms with Crippen molar-refractivity contribution in [3.05, 3.63) is 29.8 Å². The second kappa shape index (κ2) is 6.36. The van der Waals surface area contributed by atoms with E-state index in [0.29, 0.717) is 11.3 Å². The molecule has 0 heterocycles. The van der Waals surface area contributed by atoms with Gasteiger partial charge in [0.15, 0.2) is 5.78 Å². The summed E-state index contributed by atoms with van der Waals surface area (Å²) in [4.78, 5) is 23.0. The molecular weight excluding hydrogens is 244 g/mol. The molecule has 0 aliphatic rings. The van der Waals surface area contributed by atoms with Gasteiger partial charge in [-0.1, -0.05) is 0 Å². The molecule has 0 aliphatic heterocycles. The van der Waals surface area contributed by atoms with Crippen molar-refractivity contribution in [2.45, 2.75) is 39.7 Å². The lowest BCUT2D eigenvalue weighted by Gasteiger charge is -2.21. The third-order valence-corrected chi connectivity index (χ3v) is 2.21. The van der Waals surface area contributed by atoms with Crippen LogP contribution in [-0.2, 0) is 9.53 Å². The smallest absolute Gasteiger partial charge is 0.313 e. The molecule has 104 valence electrons. The Morgan fingerprint density at radius 2 is 1.68 bits per heavy atom. The molecule has 0 saturated carbocycles. The van der Waals surface area contributed by atoms with Crippen molar-refractivity contribution in [2.75, 3.05) is 6.61 Å². The standard InChI is InChI=1S/C15H20O4/c1-5-18-14(17)10-13(16)11-6-8-12(9-7-11)19-15(2,3)4/h6-9H,5,10H2,1-4H3. The number of hydrogen-bond donors (Lipinski definition) is 0. The average molecular weight is 264 g/mol. The fourth-order valence-corrected chi connectivity index (χ4v) is 1.51. The first-order valence-electron chi connectivity index (χ1n) is 6.29. The molecule has 1 aromatic rings. The lowest BCUT2D eigenvalue weighted by atomic mass is 10.1. The van der Waals surface area contributed by atoms with E-state index in [-0.39, 0.29) is 24.4 Å². The fraction of sp³-hybridized carbons (Fsp3) is 0.467. The van der Waals surface area contributed by atoms with Crippen LogP contribution < -0.4 is 4.74 Å². The number of ketones is 1. The van der Waals surface area contributed by atoms with Crippen LogP contribution in [0.5, 0.6) is 5.75 Å². The molecule has 0 atom stereocenters. The lowest BCUT2D eigenvalue weighted by molar-refractivity contribution is -0.141. The van der Waals surface area contributed by atoms with Crippen LogP contribution in [0, 0.1) is 0 Å². The van der Waals surface area contributed by atoms with Gasteiger partial charge in [-0.25, -0.2) is 0 Å². The second-order valence-corrected chi connectivity index (χ2v) is 5.14. The van der Waals surface area contributed by atoms with E-state index in [4.69, 9.17) is 9.47 Å². The van der Waals surface area contributed by atoms with Crippen LogP contribution in [0.15, 0.2) is 24.3 Å². The average Bonchev–Trinajstić information content (AvgIpc) is 2.27. The van der Waals surface area contributed by atoms with Crippen molar-refractivity contribution in [3.63, 3.8) is 0 Å². The molecule has 0 saturated heterocycles. The first-order chi connectivity index (χ1) is 8.81. The zero-order chi connectivity index (χ0) is 14.5. The van der Waals surface area contributed by atoms with Gasteiger partial charge < -0.3 is 9.47 Å². The maximum atomic E-state index is 11.8. The van der Waals surface area contributed by atoms with Crippen molar-refractivity contribution < 1.29 is 19.1 Å². The van der Waals surface area contributed by atoms with Gasteiger partial charge in [-0.3, -0.25) is 9.59 Å². The van der Waals surface area contributed by atoms with Gasteiger partial charge in [-0.2, -0.15) is 0 Å². The summed E-state index contributed by atoms with van der Waals surface area (Å²) in [5, 5.41) is 0. The summed E-state index contributed by atoms with van der Waals surface area (Å²) in [5.74, 6) is -0.0524. The Bertz CT molecular complexity index is 440. The first-order valence-corrected chi connectivity index (χ1v) is 6.29. The SMILES string of the molecule is CCOC(=O)CC(=O)c1ccc(OC(C)(C)C)cc1. The van der Waals surface area contributed by atoms with Crippen LogP contribution in [0.25, 0.3) is 0 Å². The van der Waals surface area contributed by atoms with E-state index in [1.165, 1.54) is 0 Å². The monoisotopic (exact) mass is 264 g/mol. The van der Waals surface area contributed by atoms with Crippen molar-refractivity contribution in [3.8, 4) is 5.75 Å². The van der Waals surface area contributed by atoms with E-state index in [1.807, 2.05) is 20.8 Å². The molecule has 0 radical (unpaired) electrons. The molecule has 0 N–H and O–H groups in total. The molecule has 0 fully saturated rings. The third kappa shape index (κ3) is 5.55. The number of carbonyl (C=O) groups excluding carboxylic acids is 2. The van der Waals surface area contributed by atoms with Gasteiger partial charge in [0.25, 0.3) is 0 Å². The third-order valence-electron chi connectivity index (χ3n) is 2.21. The van der Waals surface area contributed by atoms with Gasteiger partial charge in [-0.15, -0.1) is 0 Å². The van der Waals surface area contributed by atoms with E-state index >= 15 is 0 Å². The Morgan fingerprint density at radius 3 is 2.16 bits per heavy atom. The van der Waals surface area contributed by atoms with Crippen LogP contribution in [-0.4, -0.2) is 24.0 Å². The van der Waals surface area contributed by atoms with Crippen LogP contribution in [0.1, 0.15) is 44.5 Å². The van der Waals surface area contributed by atoms with Gasteiger partial charge in [-0.05, 0) is 52.0 Å². The number of carbonyl (C=O) groups is 2. The highest BCUT2D eigenvalue weighted by Crippen LogP contribution is 2.19. The summed E-state index contributed by atoms with van der Waals surface area (Å²) in [6.45, 7) is 7.85. The number of rotatable bonds is 5. The molecule has 19 heavy (non-hydrogen) atoms. The zero-order valence-corrected chi connectivity index (χ0v) is 11.9. The Morgan fingerprint density at radius 1 is 1.11 bits per heavy atom. The van der Waals surface area contributed by atoms with Crippen molar-refractivity contribution in [1.82, 2.24) is 0 Å². The van der Waals surface area contributed by atoms with E-state index in [0.717, 1.165) is 0 Å². The van der Waals surface area contributed by atoms with Gasteiger partial charge in [0, 0.05) is 5.56 Å². The lowest BCUT2D eigenvalue weighted by Crippen LogP contribution is -2.22. The van der Waals surface area contributed by atoms with Crippen molar-refractivity contribution in [1.29, 1.82) is 0 Å². The molecular formula is C15H20O4. The minimum absolute atomic E-state index is 0.229. The van der Waals surface area contributed by atoms with E-state index < -0.39 is 5.97 Å². The van der Waals surface area contributed by atoms with E-state index in [2.05, 4.69) is 0 Å². The van der Waals surface area contributed by atoms with Gasteiger partial charge >= 0.3 is 5.97 Å². The predicted molar refractivity (Wildman–Crippen MR) is 72.4 cm³/mol. The minimum atomic E-state index is -0.498. The maximum absolute atomic E-state index is 11.8.